The molecule has 2 aromatic heterocycles. The molecule has 3 aromatic rings. The second-order valence-electron chi connectivity index (χ2n) is 5.94. The summed E-state index contributed by atoms with van der Waals surface area (Å²) in [4.78, 5) is 16.4. The Morgan fingerprint density at radius 2 is 2.07 bits per heavy atom. The lowest BCUT2D eigenvalue weighted by Gasteiger charge is -2.17. The van der Waals surface area contributed by atoms with Gasteiger partial charge in [0, 0.05) is 18.3 Å². The normalized spacial score (nSPS) is 16.0. The predicted octanol–water partition coefficient (Wildman–Crippen LogP) is 2.64. The molecule has 0 radical (unpaired) electrons. The summed E-state index contributed by atoms with van der Waals surface area (Å²) in [7, 11) is 0. The molecule has 0 spiro atoms. The average Bonchev–Trinajstić information content (AvgIpc) is 3.19. The van der Waals surface area contributed by atoms with Gasteiger partial charge >= 0.3 is 0 Å². The fourth-order valence-electron chi connectivity index (χ4n) is 2.75. The largest absolute Gasteiger partial charge is 0.465 e. The van der Waals surface area contributed by atoms with Gasteiger partial charge in [0.2, 0.25) is 5.95 Å². The number of aliphatic hydroxyl groups excluding tert-OH is 1. The molecule has 4 rings (SSSR count). The third kappa shape index (κ3) is 3.85. The minimum atomic E-state index is -0.674. The monoisotopic (exact) mass is 383 g/mol. The van der Waals surface area contributed by atoms with Gasteiger partial charge in [-0.3, -0.25) is 0 Å². The summed E-state index contributed by atoms with van der Waals surface area (Å²) in [6, 6.07) is 7.77. The highest BCUT2D eigenvalue weighted by molar-refractivity contribution is 5.77. The zero-order valence-corrected chi connectivity index (χ0v) is 14.8. The number of imidazole rings is 1. The summed E-state index contributed by atoms with van der Waals surface area (Å²) < 4.78 is 24.4. The number of hydrogen-bond donors (Lipinski definition) is 3. The number of aliphatic hydroxyl groups is 1. The van der Waals surface area contributed by atoms with Gasteiger partial charge in [-0.25, -0.2) is 19.3 Å². The molecule has 28 heavy (non-hydrogen) atoms. The predicted molar refractivity (Wildman–Crippen MR) is 99.5 cm³/mol. The van der Waals surface area contributed by atoms with E-state index in [4.69, 9.17) is 14.6 Å². The lowest BCUT2D eigenvalue weighted by Crippen LogP contribution is -2.11. The Labute approximate surface area is 160 Å². The van der Waals surface area contributed by atoms with Gasteiger partial charge < -0.3 is 24.9 Å². The maximum Gasteiger partial charge on any atom is 0.258 e. The molecular formula is C19H18FN5O3. The van der Waals surface area contributed by atoms with Gasteiger partial charge in [-0.1, -0.05) is 0 Å². The molecule has 0 saturated carbocycles. The van der Waals surface area contributed by atoms with Crippen LogP contribution in [0.25, 0.3) is 22.6 Å². The van der Waals surface area contributed by atoms with Crippen molar-refractivity contribution in [2.24, 2.45) is 0 Å². The lowest BCUT2D eigenvalue weighted by molar-refractivity contribution is -0.119. The number of nitrogens with zero attached hydrogens (tertiary/aromatic N) is 3. The molecule has 1 unspecified atom stereocenters. The van der Waals surface area contributed by atoms with E-state index in [0.717, 1.165) is 0 Å². The van der Waals surface area contributed by atoms with Crippen molar-refractivity contribution in [2.45, 2.75) is 6.29 Å². The third-order valence-corrected chi connectivity index (χ3v) is 4.01. The molecule has 1 aromatic carbocycles. The van der Waals surface area contributed by atoms with Gasteiger partial charge in [0.25, 0.3) is 6.29 Å². The minimum absolute atomic E-state index is 0.0352. The maximum atomic E-state index is 13.4. The Balaban J connectivity index is 1.77. The van der Waals surface area contributed by atoms with Crippen molar-refractivity contribution in [2.75, 3.05) is 25.1 Å². The molecule has 9 heteroatoms. The molecule has 1 atom stereocenters. The molecule has 1 aliphatic heterocycles. The van der Waals surface area contributed by atoms with E-state index in [9.17, 15) is 4.39 Å². The number of aromatic nitrogens is 4. The van der Waals surface area contributed by atoms with Gasteiger partial charge in [0.15, 0.2) is 5.82 Å². The van der Waals surface area contributed by atoms with Crippen LogP contribution >= 0.6 is 0 Å². The number of H-pyrrole nitrogens is 1. The van der Waals surface area contributed by atoms with Crippen LogP contribution in [0.15, 0.2) is 48.9 Å². The first-order valence-electron chi connectivity index (χ1n) is 8.70. The number of hydrogen-bond acceptors (Lipinski definition) is 7. The molecule has 0 bridgehead atoms. The van der Waals surface area contributed by atoms with Crippen LogP contribution in [0.4, 0.5) is 10.3 Å². The van der Waals surface area contributed by atoms with Crippen molar-refractivity contribution >= 4 is 5.95 Å². The Morgan fingerprint density at radius 3 is 2.82 bits per heavy atom. The molecular weight excluding hydrogens is 365 g/mol. The molecule has 3 N–H and O–H groups in total. The molecule has 3 heterocycles. The second kappa shape index (κ2) is 8.15. The molecule has 0 amide bonds. The Morgan fingerprint density at radius 1 is 1.21 bits per heavy atom. The summed E-state index contributed by atoms with van der Waals surface area (Å²) in [5.74, 6) is 0.519. The van der Waals surface area contributed by atoms with Gasteiger partial charge in [-0.2, -0.15) is 0 Å². The number of ether oxygens (including phenoxy) is 2. The zero-order chi connectivity index (χ0) is 19.3. The first kappa shape index (κ1) is 18.1. The van der Waals surface area contributed by atoms with Gasteiger partial charge in [0.1, 0.15) is 5.82 Å². The Kier molecular flexibility index (Phi) is 5.27. The average molecular weight is 383 g/mol. The van der Waals surface area contributed by atoms with Crippen LogP contribution in [0, 0.1) is 5.82 Å². The van der Waals surface area contributed by atoms with E-state index in [-0.39, 0.29) is 12.4 Å². The van der Waals surface area contributed by atoms with Crippen LogP contribution in [-0.4, -0.2) is 44.8 Å². The fourth-order valence-corrected chi connectivity index (χ4v) is 2.75. The Bertz CT molecular complexity index is 974. The standard InChI is InChI=1S/C19H18FN5O3/c20-13-4-2-12(3-5-13)15-16(14-6-7-21-19(23-14)22-8-9-26)25-17(24-15)18-27-10-1-11-28-18/h1-7,10,18,26H,8-9,11H2,(H,24,25)(H,21,22,23). The smallest absolute Gasteiger partial charge is 0.258 e. The molecule has 0 aliphatic carbocycles. The van der Waals surface area contributed by atoms with Crippen molar-refractivity contribution in [3.05, 3.63) is 60.5 Å². The van der Waals surface area contributed by atoms with Crippen LogP contribution in [0.5, 0.6) is 0 Å². The van der Waals surface area contributed by atoms with E-state index in [0.29, 0.717) is 47.6 Å². The topological polar surface area (TPSA) is 105 Å². The van der Waals surface area contributed by atoms with Gasteiger partial charge in [-0.05, 0) is 36.4 Å². The summed E-state index contributed by atoms with van der Waals surface area (Å²) in [6.07, 6.45) is 4.25. The number of nitrogens with one attached hydrogen (secondary N) is 2. The third-order valence-electron chi connectivity index (χ3n) is 4.01. The van der Waals surface area contributed by atoms with Gasteiger partial charge in [-0.15, -0.1) is 0 Å². The highest BCUT2D eigenvalue weighted by atomic mass is 19.1. The van der Waals surface area contributed by atoms with Crippen LogP contribution in [0.2, 0.25) is 0 Å². The van der Waals surface area contributed by atoms with Crippen molar-refractivity contribution in [3.8, 4) is 22.6 Å². The summed E-state index contributed by atoms with van der Waals surface area (Å²) in [6.45, 7) is 0.709. The number of anilines is 1. The van der Waals surface area contributed by atoms with Gasteiger partial charge in [0.05, 0.1) is 36.6 Å². The van der Waals surface area contributed by atoms with Crippen molar-refractivity contribution in [1.82, 2.24) is 19.9 Å². The zero-order valence-electron chi connectivity index (χ0n) is 14.8. The van der Waals surface area contributed by atoms with E-state index in [1.54, 1.807) is 36.7 Å². The fraction of sp³-hybridized carbons (Fsp3) is 0.211. The number of rotatable bonds is 6. The van der Waals surface area contributed by atoms with E-state index in [1.165, 1.54) is 12.1 Å². The summed E-state index contributed by atoms with van der Waals surface area (Å²) >= 11 is 0. The molecule has 0 saturated heterocycles. The number of halogens is 1. The van der Waals surface area contributed by atoms with Crippen molar-refractivity contribution in [1.29, 1.82) is 0 Å². The van der Waals surface area contributed by atoms with E-state index < -0.39 is 6.29 Å². The maximum absolute atomic E-state index is 13.4. The first-order chi connectivity index (χ1) is 13.7. The second-order valence-corrected chi connectivity index (χ2v) is 5.94. The molecule has 0 fully saturated rings. The number of aromatic amines is 1. The summed E-state index contributed by atoms with van der Waals surface area (Å²) in [5, 5.41) is 11.9. The Hall–Kier alpha value is -3.30. The van der Waals surface area contributed by atoms with E-state index >= 15 is 0 Å². The summed E-state index contributed by atoms with van der Waals surface area (Å²) in [5.41, 5.74) is 2.51. The minimum Gasteiger partial charge on any atom is -0.465 e. The molecule has 8 nitrogen and oxygen atoms in total. The lowest BCUT2D eigenvalue weighted by atomic mass is 10.1. The van der Waals surface area contributed by atoms with Crippen molar-refractivity contribution in [3.63, 3.8) is 0 Å². The van der Waals surface area contributed by atoms with Crippen LogP contribution in [0.1, 0.15) is 12.1 Å². The number of benzene rings is 1. The van der Waals surface area contributed by atoms with Crippen LogP contribution < -0.4 is 5.32 Å². The first-order valence-corrected chi connectivity index (χ1v) is 8.70. The molecule has 1 aliphatic rings. The quantitative estimate of drug-likeness (QED) is 0.601. The van der Waals surface area contributed by atoms with Crippen LogP contribution in [-0.2, 0) is 9.47 Å². The van der Waals surface area contributed by atoms with E-state index in [2.05, 4.69) is 25.3 Å². The van der Waals surface area contributed by atoms with Crippen molar-refractivity contribution < 1.29 is 19.0 Å². The van der Waals surface area contributed by atoms with E-state index in [1.807, 2.05) is 0 Å². The highest BCUT2D eigenvalue weighted by Gasteiger charge is 2.23. The van der Waals surface area contributed by atoms with Crippen LogP contribution in [0.3, 0.4) is 0 Å². The SMILES string of the molecule is OCCNc1nccc(-c2[nH]c(C3OC=CCO3)nc2-c2ccc(F)cc2)n1. The highest BCUT2D eigenvalue weighted by Crippen LogP contribution is 2.32. The molecule has 144 valence electrons.